The van der Waals surface area contributed by atoms with Gasteiger partial charge < -0.3 is 5.32 Å². The van der Waals surface area contributed by atoms with Gasteiger partial charge >= 0.3 is 0 Å². The summed E-state index contributed by atoms with van der Waals surface area (Å²) in [6.07, 6.45) is 0. The van der Waals surface area contributed by atoms with Crippen LogP contribution in [0.5, 0.6) is 0 Å². The Morgan fingerprint density at radius 1 is 1.10 bits per heavy atom. The van der Waals surface area contributed by atoms with Crippen LogP contribution >= 0.6 is 11.3 Å². The van der Waals surface area contributed by atoms with Crippen LogP contribution in [0.25, 0.3) is 0 Å². The second kappa shape index (κ2) is 5.61. The summed E-state index contributed by atoms with van der Waals surface area (Å²) < 4.78 is 0. The van der Waals surface area contributed by atoms with Crippen LogP contribution in [0.3, 0.4) is 0 Å². The first-order chi connectivity index (χ1) is 9.29. The zero-order valence-corrected chi connectivity index (χ0v) is 14.2. The molecule has 1 heterocycles. The molecule has 1 aromatic heterocycles. The SMILES string of the molecule is Cc1cc(C(C)Nc2ccccc2C(C)(C)C)c(C)s1. The summed E-state index contributed by atoms with van der Waals surface area (Å²) in [6, 6.07) is 11.3. The summed E-state index contributed by atoms with van der Waals surface area (Å²) in [5.41, 5.74) is 4.19. The van der Waals surface area contributed by atoms with E-state index in [0.717, 1.165) is 0 Å². The van der Waals surface area contributed by atoms with E-state index in [-0.39, 0.29) is 5.41 Å². The van der Waals surface area contributed by atoms with Gasteiger partial charge in [-0.25, -0.2) is 0 Å². The molecule has 2 aromatic rings. The molecule has 1 aromatic carbocycles. The number of rotatable bonds is 3. The second-order valence-corrected chi connectivity index (χ2v) is 7.99. The van der Waals surface area contributed by atoms with Crippen LogP contribution in [-0.2, 0) is 5.41 Å². The zero-order chi connectivity index (χ0) is 14.9. The molecular formula is C18H25NS. The maximum absolute atomic E-state index is 3.69. The van der Waals surface area contributed by atoms with Gasteiger partial charge in [0.15, 0.2) is 0 Å². The van der Waals surface area contributed by atoms with E-state index in [1.54, 1.807) is 0 Å². The Labute approximate surface area is 127 Å². The number of benzene rings is 1. The predicted molar refractivity (Wildman–Crippen MR) is 91.0 cm³/mol. The molecule has 0 aliphatic heterocycles. The summed E-state index contributed by atoms with van der Waals surface area (Å²) in [4.78, 5) is 2.80. The molecule has 0 amide bonds. The van der Waals surface area contributed by atoms with Crippen LogP contribution < -0.4 is 5.32 Å². The predicted octanol–water partition coefficient (Wildman–Crippen LogP) is 5.84. The quantitative estimate of drug-likeness (QED) is 0.748. The molecule has 0 saturated carbocycles. The van der Waals surface area contributed by atoms with E-state index in [4.69, 9.17) is 0 Å². The van der Waals surface area contributed by atoms with E-state index < -0.39 is 0 Å². The Morgan fingerprint density at radius 3 is 2.30 bits per heavy atom. The third kappa shape index (κ3) is 3.24. The first-order valence-electron chi connectivity index (χ1n) is 7.22. The molecule has 0 fully saturated rings. The van der Waals surface area contributed by atoms with Gasteiger partial charge in [0.05, 0.1) is 0 Å². The van der Waals surface area contributed by atoms with Crippen LogP contribution in [0.1, 0.15) is 54.6 Å². The molecule has 0 bridgehead atoms. The van der Waals surface area contributed by atoms with E-state index in [9.17, 15) is 0 Å². The van der Waals surface area contributed by atoms with Crippen LogP contribution in [0.4, 0.5) is 5.69 Å². The van der Waals surface area contributed by atoms with Crippen molar-refractivity contribution in [3.8, 4) is 0 Å². The minimum atomic E-state index is 0.156. The lowest BCUT2D eigenvalue weighted by Gasteiger charge is -2.25. The average Bonchev–Trinajstić information content (AvgIpc) is 2.68. The lowest BCUT2D eigenvalue weighted by atomic mass is 9.85. The van der Waals surface area contributed by atoms with Crippen LogP contribution in [0.2, 0.25) is 0 Å². The molecular weight excluding hydrogens is 262 g/mol. The van der Waals surface area contributed by atoms with Crippen molar-refractivity contribution in [2.75, 3.05) is 5.32 Å². The number of hydrogen-bond donors (Lipinski definition) is 1. The van der Waals surface area contributed by atoms with E-state index in [0.29, 0.717) is 6.04 Å². The minimum absolute atomic E-state index is 0.156. The van der Waals surface area contributed by atoms with Gasteiger partial charge in [-0.2, -0.15) is 0 Å². The molecule has 1 unspecified atom stereocenters. The van der Waals surface area contributed by atoms with E-state index in [1.165, 1.54) is 26.6 Å². The van der Waals surface area contributed by atoms with Gasteiger partial charge in [0, 0.05) is 21.5 Å². The molecule has 1 nitrogen and oxygen atoms in total. The number of hydrogen-bond acceptors (Lipinski definition) is 2. The smallest absolute Gasteiger partial charge is 0.0496 e. The highest BCUT2D eigenvalue weighted by molar-refractivity contribution is 7.12. The Hall–Kier alpha value is -1.28. The molecule has 0 aliphatic rings. The highest BCUT2D eigenvalue weighted by Crippen LogP contribution is 2.33. The molecule has 1 N–H and O–H groups in total. The van der Waals surface area contributed by atoms with Gasteiger partial charge in [0.2, 0.25) is 0 Å². The fourth-order valence-corrected chi connectivity index (χ4v) is 3.68. The fraction of sp³-hybridized carbons (Fsp3) is 0.444. The number of para-hydroxylation sites is 1. The molecule has 2 rings (SSSR count). The largest absolute Gasteiger partial charge is 0.378 e. The lowest BCUT2D eigenvalue weighted by Crippen LogP contribution is -2.16. The molecule has 0 aliphatic carbocycles. The maximum Gasteiger partial charge on any atom is 0.0496 e. The lowest BCUT2D eigenvalue weighted by molar-refractivity contribution is 0.590. The Morgan fingerprint density at radius 2 is 1.75 bits per heavy atom. The number of aryl methyl sites for hydroxylation is 2. The molecule has 2 heteroatoms. The first kappa shape index (κ1) is 15.1. The fourth-order valence-electron chi connectivity index (χ4n) is 2.65. The Bertz CT molecular complexity index is 590. The molecule has 20 heavy (non-hydrogen) atoms. The van der Waals surface area contributed by atoms with Crippen molar-refractivity contribution in [1.82, 2.24) is 0 Å². The molecule has 0 radical (unpaired) electrons. The van der Waals surface area contributed by atoms with Crippen molar-refractivity contribution >= 4 is 17.0 Å². The molecule has 1 atom stereocenters. The van der Waals surface area contributed by atoms with Crippen molar-refractivity contribution in [2.24, 2.45) is 0 Å². The summed E-state index contributed by atoms with van der Waals surface area (Å²) in [5, 5.41) is 3.69. The van der Waals surface area contributed by atoms with E-state index >= 15 is 0 Å². The summed E-state index contributed by atoms with van der Waals surface area (Å²) >= 11 is 1.88. The minimum Gasteiger partial charge on any atom is -0.378 e. The Balaban J connectivity index is 2.29. The van der Waals surface area contributed by atoms with Crippen LogP contribution in [0.15, 0.2) is 30.3 Å². The summed E-state index contributed by atoms with van der Waals surface area (Å²) in [7, 11) is 0. The number of nitrogens with one attached hydrogen (secondary N) is 1. The summed E-state index contributed by atoms with van der Waals surface area (Å²) in [6.45, 7) is 13.4. The van der Waals surface area contributed by atoms with Crippen molar-refractivity contribution in [3.05, 3.63) is 51.2 Å². The van der Waals surface area contributed by atoms with Crippen molar-refractivity contribution < 1.29 is 0 Å². The van der Waals surface area contributed by atoms with Gasteiger partial charge in [0.25, 0.3) is 0 Å². The van der Waals surface area contributed by atoms with Gasteiger partial charge in [-0.3, -0.25) is 0 Å². The van der Waals surface area contributed by atoms with Crippen LogP contribution in [0, 0.1) is 13.8 Å². The Kier molecular flexibility index (Phi) is 4.24. The molecule has 0 saturated heterocycles. The highest BCUT2D eigenvalue weighted by Gasteiger charge is 2.19. The van der Waals surface area contributed by atoms with Crippen LogP contribution in [-0.4, -0.2) is 0 Å². The first-order valence-corrected chi connectivity index (χ1v) is 8.03. The monoisotopic (exact) mass is 287 g/mol. The van der Waals surface area contributed by atoms with Crippen molar-refractivity contribution in [1.29, 1.82) is 0 Å². The second-order valence-electron chi connectivity index (χ2n) is 6.53. The number of anilines is 1. The maximum atomic E-state index is 3.69. The zero-order valence-electron chi connectivity index (χ0n) is 13.4. The number of thiophene rings is 1. The standard InChI is InChI=1S/C18H25NS/c1-12-11-15(14(3)20-12)13(2)19-17-10-8-7-9-16(17)18(4,5)6/h7-11,13,19H,1-6H3. The van der Waals surface area contributed by atoms with Gasteiger partial charge in [-0.05, 0) is 49.4 Å². The van der Waals surface area contributed by atoms with E-state index in [2.05, 4.69) is 77.2 Å². The summed E-state index contributed by atoms with van der Waals surface area (Å²) in [5.74, 6) is 0. The van der Waals surface area contributed by atoms with Crippen molar-refractivity contribution in [3.63, 3.8) is 0 Å². The van der Waals surface area contributed by atoms with Gasteiger partial charge in [-0.15, -0.1) is 11.3 Å². The highest BCUT2D eigenvalue weighted by atomic mass is 32.1. The van der Waals surface area contributed by atoms with Crippen molar-refractivity contribution in [2.45, 2.75) is 53.0 Å². The normalized spacial score (nSPS) is 13.3. The third-order valence-electron chi connectivity index (χ3n) is 3.65. The van der Waals surface area contributed by atoms with E-state index in [1.807, 2.05) is 11.3 Å². The van der Waals surface area contributed by atoms with Gasteiger partial charge in [0.1, 0.15) is 0 Å². The third-order valence-corrected chi connectivity index (χ3v) is 4.63. The average molecular weight is 287 g/mol. The molecule has 0 spiro atoms. The molecule has 108 valence electrons. The van der Waals surface area contributed by atoms with Gasteiger partial charge in [-0.1, -0.05) is 39.0 Å². The topological polar surface area (TPSA) is 12.0 Å².